The Morgan fingerprint density at radius 2 is 1.88 bits per heavy atom. The number of rotatable bonds is 4. The summed E-state index contributed by atoms with van der Waals surface area (Å²) in [4.78, 5) is 12.3. The minimum absolute atomic E-state index is 0.0359. The van der Waals surface area contributed by atoms with Crippen LogP contribution in [0.4, 0.5) is 8.78 Å². The first-order valence-electron chi connectivity index (χ1n) is 8.67. The predicted molar refractivity (Wildman–Crippen MR) is 89.9 cm³/mol. The Bertz CT molecular complexity index is 734. The lowest BCUT2D eigenvalue weighted by Crippen LogP contribution is -2.24. The molecule has 0 radical (unpaired) electrons. The first kappa shape index (κ1) is 16.9. The molecule has 0 N–H and O–H groups in total. The van der Waals surface area contributed by atoms with E-state index in [9.17, 15) is 13.6 Å². The highest BCUT2D eigenvalue weighted by Gasteiger charge is 2.24. The quantitative estimate of drug-likeness (QED) is 0.678. The van der Waals surface area contributed by atoms with Gasteiger partial charge in [0.2, 0.25) is 0 Å². The van der Waals surface area contributed by atoms with Gasteiger partial charge < -0.3 is 4.74 Å². The van der Waals surface area contributed by atoms with Crippen molar-refractivity contribution in [2.75, 3.05) is 0 Å². The minimum Gasteiger partial charge on any atom is -0.459 e. The van der Waals surface area contributed by atoms with Crippen LogP contribution >= 0.6 is 0 Å². The lowest BCUT2D eigenvalue weighted by Gasteiger charge is -2.28. The summed E-state index contributed by atoms with van der Waals surface area (Å²) in [5.74, 6) is -1.41. The third-order valence-electron chi connectivity index (χ3n) is 4.91. The second kappa shape index (κ2) is 7.29. The number of ether oxygens (including phenoxy) is 1. The van der Waals surface area contributed by atoms with E-state index in [1.54, 1.807) is 6.07 Å². The molecule has 0 unspecified atom stereocenters. The van der Waals surface area contributed by atoms with Gasteiger partial charge in [-0.2, -0.15) is 0 Å². The van der Waals surface area contributed by atoms with Gasteiger partial charge in [-0.25, -0.2) is 13.6 Å². The lowest BCUT2D eigenvalue weighted by atomic mass is 9.85. The third-order valence-corrected chi connectivity index (χ3v) is 4.91. The number of halogens is 2. The zero-order valence-corrected chi connectivity index (χ0v) is 13.9. The Morgan fingerprint density at radius 3 is 2.58 bits per heavy atom. The van der Waals surface area contributed by atoms with Gasteiger partial charge in [-0.15, -0.1) is 0 Å². The van der Waals surface area contributed by atoms with Crippen molar-refractivity contribution in [1.82, 2.24) is 0 Å². The van der Waals surface area contributed by atoms with E-state index in [-0.39, 0.29) is 17.5 Å². The van der Waals surface area contributed by atoms with Crippen LogP contribution in [0, 0.1) is 17.6 Å². The summed E-state index contributed by atoms with van der Waals surface area (Å²) >= 11 is 0. The fourth-order valence-electron chi connectivity index (χ4n) is 3.56. The highest BCUT2D eigenvalue weighted by molar-refractivity contribution is 5.95. The van der Waals surface area contributed by atoms with Crippen LogP contribution in [-0.4, -0.2) is 12.1 Å². The summed E-state index contributed by atoms with van der Waals surface area (Å²) in [5.41, 5.74) is 0.379. The molecule has 1 aliphatic rings. The largest absolute Gasteiger partial charge is 0.459 e. The maximum Gasteiger partial charge on any atom is 0.338 e. The summed E-state index contributed by atoms with van der Waals surface area (Å²) < 4.78 is 32.5. The molecule has 2 aromatic rings. The molecule has 128 valence electrons. The Morgan fingerprint density at radius 1 is 1.12 bits per heavy atom. The van der Waals surface area contributed by atoms with Crippen molar-refractivity contribution in [3.05, 3.63) is 47.5 Å². The van der Waals surface area contributed by atoms with Gasteiger partial charge in [-0.3, -0.25) is 0 Å². The molecule has 0 aliphatic heterocycles. The van der Waals surface area contributed by atoms with Crippen LogP contribution in [-0.2, 0) is 4.74 Å². The van der Waals surface area contributed by atoms with Gasteiger partial charge in [0, 0.05) is 5.39 Å². The molecule has 0 aromatic heterocycles. The number of benzene rings is 2. The highest BCUT2D eigenvalue weighted by Crippen LogP contribution is 2.30. The number of esters is 1. The molecule has 0 heterocycles. The molecular formula is C20H22F2O2. The molecule has 0 saturated heterocycles. The maximum absolute atomic E-state index is 13.7. The number of fused-ring (bicyclic) bond motifs is 1. The summed E-state index contributed by atoms with van der Waals surface area (Å²) in [5, 5.41) is 0.668. The van der Waals surface area contributed by atoms with Gasteiger partial charge in [0.05, 0.1) is 5.56 Å². The standard InChI is InChI=1S/C20H22F2O2/c1-2-3-13-4-8-16(9-5-13)24-20(23)15-6-10-17-14(12-15)7-11-18(21)19(17)22/h6-7,10-13,16H,2-5,8-9H2,1H3. The molecular weight excluding hydrogens is 310 g/mol. The van der Waals surface area contributed by atoms with Crippen molar-refractivity contribution in [1.29, 1.82) is 0 Å². The number of hydrogen-bond donors (Lipinski definition) is 0. The Balaban J connectivity index is 1.67. The number of carbonyl (C=O) groups excluding carboxylic acids is 1. The Kier molecular flexibility index (Phi) is 5.12. The second-order valence-corrected chi connectivity index (χ2v) is 6.63. The minimum atomic E-state index is -0.887. The Labute approximate surface area is 140 Å². The van der Waals surface area contributed by atoms with E-state index in [0.29, 0.717) is 10.9 Å². The SMILES string of the molecule is CCCC1CCC(OC(=O)c2ccc3c(F)c(F)ccc3c2)CC1. The molecule has 0 atom stereocenters. The first-order chi connectivity index (χ1) is 11.6. The van der Waals surface area contributed by atoms with Crippen molar-refractivity contribution < 1.29 is 18.3 Å². The summed E-state index contributed by atoms with van der Waals surface area (Å²) in [6, 6.07) is 7.03. The summed E-state index contributed by atoms with van der Waals surface area (Å²) in [7, 11) is 0. The predicted octanol–water partition coefficient (Wildman–Crippen LogP) is 5.63. The number of carbonyl (C=O) groups is 1. The fourth-order valence-corrected chi connectivity index (χ4v) is 3.56. The van der Waals surface area contributed by atoms with Crippen molar-refractivity contribution in [2.45, 2.75) is 51.6 Å². The van der Waals surface area contributed by atoms with E-state index in [2.05, 4.69) is 6.92 Å². The lowest BCUT2D eigenvalue weighted by molar-refractivity contribution is 0.0162. The molecule has 1 fully saturated rings. The topological polar surface area (TPSA) is 26.3 Å². The van der Waals surface area contributed by atoms with Gasteiger partial charge in [0.25, 0.3) is 0 Å². The van der Waals surface area contributed by atoms with Crippen molar-refractivity contribution in [3.63, 3.8) is 0 Å². The molecule has 2 nitrogen and oxygen atoms in total. The van der Waals surface area contributed by atoms with E-state index < -0.39 is 11.6 Å². The van der Waals surface area contributed by atoms with Crippen LogP contribution in [0.25, 0.3) is 10.8 Å². The van der Waals surface area contributed by atoms with Crippen LogP contribution in [0.15, 0.2) is 30.3 Å². The molecule has 24 heavy (non-hydrogen) atoms. The van der Waals surface area contributed by atoms with E-state index in [1.165, 1.54) is 31.0 Å². The zero-order chi connectivity index (χ0) is 17.1. The average Bonchev–Trinajstić information content (AvgIpc) is 2.60. The van der Waals surface area contributed by atoms with Crippen molar-refractivity contribution in [3.8, 4) is 0 Å². The molecule has 4 heteroatoms. The molecule has 0 spiro atoms. The van der Waals surface area contributed by atoms with Crippen molar-refractivity contribution in [2.24, 2.45) is 5.92 Å². The van der Waals surface area contributed by atoms with Gasteiger partial charge in [0.1, 0.15) is 6.10 Å². The molecule has 2 aromatic carbocycles. The summed E-state index contributed by atoms with van der Waals surface area (Å²) in [6.07, 6.45) is 6.43. The molecule has 1 saturated carbocycles. The smallest absolute Gasteiger partial charge is 0.338 e. The zero-order valence-electron chi connectivity index (χ0n) is 13.9. The van der Waals surface area contributed by atoms with Crippen molar-refractivity contribution >= 4 is 16.7 Å². The fraction of sp³-hybridized carbons (Fsp3) is 0.450. The van der Waals surface area contributed by atoms with Gasteiger partial charge in [0.15, 0.2) is 11.6 Å². The van der Waals surface area contributed by atoms with Gasteiger partial charge >= 0.3 is 5.97 Å². The first-order valence-corrected chi connectivity index (χ1v) is 8.67. The van der Waals surface area contributed by atoms with E-state index >= 15 is 0 Å². The molecule has 0 bridgehead atoms. The maximum atomic E-state index is 13.7. The second-order valence-electron chi connectivity index (χ2n) is 6.63. The van der Waals surface area contributed by atoms with Crippen LogP contribution in [0.1, 0.15) is 55.8 Å². The molecule has 1 aliphatic carbocycles. The van der Waals surface area contributed by atoms with E-state index in [1.807, 2.05) is 0 Å². The molecule has 0 amide bonds. The molecule has 3 rings (SSSR count). The third kappa shape index (κ3) is 3.58. The van der Waals surface area contributed by atoms with Crippen LogP contribution < -0.4 is 0 Å². The van der Waals surface area contributed by atoms with E-state index in [4.69, 9.17) is 4.74 Å². The normalized spacial score (nSPS) is 21.0. The van der Waals surface area contributed by atoms with Crippen LogP contribution in [0.5, 0.6) is 0 Å². The summed E-state index contributed by atoms with van der Waals surface area (Å²) in [6.45, 7) is 2.19. The van der Waals surface area contributed by atoms with Crippen LogP contribution in [0.3, 0.4) is 0 Å². The number of hydrogen-bond acceptors (Lipinski definition) is 2. The highest BCUT2D eigenvalue weighted by atomic mass is 19.2. The monoisotopic (exact) mass is 332 g/mol. The van der Waals surface area contributed by atoms with E-state index in [0.717, 1.165) is 37.7 Å². The van der Waals surface area contributed by atoms with Crippen LogP contribution in [0.2, 0.25) is 0 Å². The average molecular weight is 332 g/mol. The van der Waals surface area contributed by atoms with Gasteiger partial charge in [-0.1, -0.05) is 31.9 Å². The Hall–Kier alpha value is -1.97. The van der Waals surface area contributed by atoms with Gasteiger partial charge in [-0.05, 0) is 55.2 Å².